The second-order valence-electron chi connectivity index (χ2n) is 4.97. The minimum absolute atomic E-state index is 0.171. The van der Waals surface area contributed by atoms with E-state index in [-0.39, 0.29) is 17.7 Å². The molecule has 2 aromatic rings. The molecule has 1 unspecified atom stereocenters. The van der Waals surface area contributed by atoms with Crippen molar-refractivity contribution >= 4 is 11.6 Å². The van der Waals surface area contributed by atoms with Crippen LogP contribution in [0.4, 0.5) is 8.78 Å². The van der Waals surface area contributed by atoms with Crippen molar-refractivity contribution in [3.8, 4) is 0 Å². The lowest BCUT2D eigenvalue weighted by molar-refractivity contribution is 0.509. The highest BCUT2D eigenvalue weighted by Crippen LogP contribution is 2.26. The van der Waals surface area contributed by atoms with Gasteiger partial charge in [-0.15, -0.1) is 0 Å². The minimum Gasteiger partial charge on any atom is -0.310 e. The van der Waals surface area contributed by atoms with Crippen LogP contribution in [-0.4, -0.2) is 6.54 Å². The molecule has 2 aromatic carbocycles. The Kier molecular flexibility index (Phi) is 5.71. The van der Waals surface area contributed by atoms with Crippen molar-refractivity contribution in [3.63, 3.8) is 0 Å². The average Bonchev–Trinajstić information content (AvgIpc) is 2.46. The zero-order valence-corrected chi connectivity index (χ0v) is 12.6. The molecule has 0 fully saturated rings. The Morgan fingerprint density at radius 3 is 2.57 bits per heavy atom. The van der Waals surface area contributed by atoms with Crippen LogP contribution in [0.15, 0.2) is 42.5 Å². The van der Waals surface area contributed by atoms with Gasteiger partial charge in [-0.3, -0.25) is 0 Å². The average molecular weight is 310 g/mol. The van der Waals surface area contributed by atoms with E-state index in [4.69, 9.17) is 11.6 Å². The molecule has 0 aliphatic carbocycles. The monoisotopic (exact) mass is 309 g/mol. The fourth-order valence-electron chi connectivity index (χ4n) is 2.28. The summed E-state index contributed by atoms with van der Waals surface area (Å²) in [7, 11) is 0. The summed E-state index contributed by atoms with van der Waals surface area (Å²) >= 11 is 6.08. The Bertz CT molecular complexity index is 581. The van der Waals surface area contributed by atoms with Crippen LogP contribution in [0.3, 0.4) is 0 Å². The zero-order valence-electron chi connectivity index (χ0n) is 11.9. The van der Waals surface area contributed by atoms with Gasteiger partial charge in [0.1, 0.15) is 11.6 Å². The van der Waals surface area contributed by atoms with Crippen LogP contribution in [0.25, 0.3) is 0 Å². The first-order chi connectivity index (χ1) is 10.1. The summed E-state index contributed by atoms with van der Waals surface area (Å²) in [6, 6.07) is 10.8. The van der Waals surface area contributed by atoms with E-state index in [0.717, 1.165) is 18.5 Å². The van der Waals surface area contributed by atoms with Crippen molar-refractivity contribution in [2.75, 3.05) is 6.54 Å². The molecule has 1 N–H and O–H groups in total. The molecule has 0 aromatic heterocycles. The summed E-state index contributed by atoms with van der Waals surface area (Å²) in [5, 5.41) is 3.72. The summed E-state index contributed by atoms with van der Waals surface area (Å²) in [6.45, 7) is 2.82. The van der Waals surface area contributed by atoms with Gasteiger partial charge in [0.15, 0.2) is 0 Å². The van der Waals surface area contributed by atoms with Crippen LogP contribution in [0, 0.1) is 11.6 Å². The van der Waals surface area contributed by atoms with Crippen molar-refractivity contribution in [2.24, 2.45) is 0 Å². The third kappa shape index (κ3) is 4.26. The Morgan fingerprint density at radius 2 is 1.90 bits per heavy atom. The van der Waals surface area contributed by atoms with Crippen LogP contribution in [-0.2, 0) is 6.42 Å². The maximum Gasteiger partial charge on any atom is 0.127 e. The van der Waals surface area contributed by atoms with E-state index in [1.165, 1.54) is 18.2 Å². The van der Waals surface area contributed by atoms with Crippen LogP contribution in [0.5, 0.6) is 0 Å². The number of benzene rings is 2. The Labute approximate surface area is 128 Å². The van der Waals surface area contributed by atoms with Crippen molar-refractivity contribution in [3.05, 3.63) is 70.2 Å². The first-order valence-electron chi connectivity index (χ1n) is 7.03. The van der Waals surface area contributed by atoms with Gasteiger partial charge in [-0.05, 0) is 49.2 Å². The molecular weight excluding hydrogens is 292 g/mol. The van der Waals surface area contributed by atoms with Crippen molar-refractivity contribution in [2.45, 2.75) is 25.8 Å². The Hall–Kier alpha value is -1.45. The predicted octanol–water partition coefficient (Wildman–Crippen LogP) is 4.90. The van der Waals surface area contributed by atoms with Crippen LogP contribution < -0.4 is 5.32 Å². The molecule has 112 valence electrons. The lowest BCUT2D eigenvalue weighted by atomic mass is 9.98. The maximum absolute atomic E-state index is 13.9. The quantitative estimate of drug-likeness (QED) is 0.800. The lowest BCUT2D eigenvalue weighted by Gasteiger charge is -2.20. The smallest absolute Gasteiger partial charge is 0.127 e. The van der Waals surface area contributed by atoms with Gasteiger partial charge in [0.25, 0.3) is 0 Å². The number of nitrogens with one attached hydrogen (secondary N) is 1. The van der Waals surface area contributed by atoms with Crippen LogP contribution >= 0.6 is 11.6 Å². The van der Waals surface area contributed by atoms with Crippen LogP contribution in [0.1, 0.15) is 30.5 Å². The van der Waals surface area contributed by atoms with Gasteiger partial charge in [0, 0.05) is 16.6 Å². The van der Waals surface area contributed by atoms with E-state index in [1.54, 1.807) is 18.2 Å². The van der Waals surface area contributed by atoms with Gasteiger partial charge in [0.05, 0.1) is 0 Å². The first-order valence-corrected chi connectivity index (χ1v) is 7.41. The third-order valence-electron chi connectivity index (χ3n) is 3.36. The number of hydrogen-bond donors (Lipinski definition) is 1. The molecule has 0 heterocycles. The Balaban J connectivity index is 2.28. The molecular formula is C17H18ClF2N. The molecule has 0 aliphatic rings. The summed E-state index contributed by atoms with van der Waals surface area (Å²) in [6.07, 6.45) is 1.33. The van der Waals surface area contributed by atoms with Crippen molar-refractivity contribution in [1.29, 1.82) is 0 Å². The van der Waals surface area contributed by atoms with Gasteiger partial charge in [0.2, 0.25) is 0 Å². The highest BCUT2D eigenvalue weighted by atomic mass is 35.5. The molecule has 0 aliphatic heterocycles. The zero-order chi connectivity index (χ0) is 15.2. The van der Waals surface area contributed by atoms with Gasteiger partial charge in [-0.1, -0.05) is 36.7 Å². The summed E-state index contributed by atoms with van der Waals surface area (Å²) in [4.78, 5) is 0. The van der Waals surface area contributed by atoms with E-state index >= 15 is 0 Å². The summed E-state index contributed by atoms with van der Waals surface area (Å²) in [5.41, 5.74) is 1.25. The van der Waals surface area contributed by atoms with Crippen LogP contribution in [0.2, 0.25) is 5.02 Å². The van der Waals surface area contributed by atoms with E-state index in [9.17, 15) is 8.78 Å². The lowest BCUT2D eigenvalue weighted by Crippen LogP contribution is -2.24. The topological polar surface area (TPSA) is 12.0 Å². The van der Waals surface area contributed by atoms with Gasteiger partial charge >= 0.3 is 0 Å². The SMILES string of the molecule is CCCNC(Cc1c(F)cccc1Cl)c1cccc(F)c1. The van der Waals surface area contributed by atoms with Gasteiger partial charge in [-0.2, -0.15) is 0 Å². The molecule has 2 rings (SSSR count). The molecule has 4 heteroatoms. The molecule has 0 amide bonds. The van der Waals surface area contributed by atoms with E-state index in [1.807, 2.05) is 13.0 Å². The molecule has 0 bridgehead atoms. The molecule has 1 nitrogen and oxygen atoms in total. The standard InChI is InChI=1S/C17H18ClF2N/c1-2-9-21-17(12-5-3-6-13(19)10-12)11-14-15(18)7-4-8-16(14)20/h3-8,10,17,21H,2,9,11H2,1H3. The second-order valence-corrected chi connectivity index (χ2v) is 5.37. The molecule has 0 saturated heterocycles. The largest absolute Gasteiger partial charge is 0.310 e. The summed E-state index contributed by atoms with van der Waals surface area (Å²) < 4.78 is 27.4. The number of halogens is 3. The first kappa shape index (κ1) is 15.9. The summed E-state index contributed by atoms with van der Waals surface area (Å²) in [5.74, 6) is -0.627. The fraction of sp³-hybridized carbons (Fsp3) is 0.294. The minimum atomic E-state index is -0.331. The normalized spacial score (nSPS) is 12.4. The fourth-order valence-corrected chi connectivity index (χ4v) is 2.52. The number of rotatable bonds is 6. The predicted molar refractivity (Wildman–Crippen MR) is 82.5 cm³/mol. The molecule has 21 heavy (non-hydrogen) atoms. The Morgan fingerprint density at radius 1 is 1.14 bits per heavy atom. The highest BCUT2D eigenvalue weighted by molar-refractivity contribution is 6.31. The van der Waals surface area contributed by atoms with Gasteiger partial charge in [-0.25, -0.2) is 8.78 Å². The highest BCUT2D eigenvalue weighted by Gasteiger charge is 2.16. The van der Waals surface area contributed by atoms with Crippen molar-refractivity contribution in [1.82, 2.24) is 5.32 Å². The molecule has 0 saturated carbocycles. The number of hydrogen-bond acceptors (Lipinski definition) is 1. The molecule has 0 spiro atoms. The molecule has 0 radical (unpaired) electrons. The maximum atomic E-state index is 13.9. The second kappa shape index (κ2) is 7.53. The van der Waals surface area contributed by atoms with Gasteiger partial charge < -0.3 is 5.32 Å². The van der Waals surface area contributed by atoms with E-state index < -0.39 is 0 Å². The molecule has 1 atom stereocenters. The third-order valence-corrected chi connectivity index (χ3v) is 3.72. The van der Waals surface area contributed by atoms with E-state index in [0.29, 0.717) is 17.0 Å². The van der Waals surface area contributed by atoms with E-state index in [2.05, 4.69) is 5.32 Å². The van der Waals surface area contributed by atoms with Crippen molar-refractivity contribution < 1.29 is 8.78 Å².